The summed E-state index contributed by atoms with van der Waals surface area (Å²) in [6.07, 6.45) is 3.45. The lowest BCUT2D eigenvalue weighted by Crippen LogP contribution is -2.30. The Bertz CT molecular complexity index is 1440. The van der Waals surface area contributed by atoms with Gasteiger partial charge in [-0.1, -0.05) is 48.0 Å². The van der Waals surface area contributed by atoms with Crippen LogP contribution in [-0.4, -0.2) is 28.8 Å². The molecule has 6 nitrogen and oxygen atoms in total. The van der Waals surface area contributed by atoms with Crippen LogP contribution in [0.25, 0.3) is 22.0 Å². The van der Waals surface area contributed by atoms with Gasteiger partial charge >= 0.3 is 0 Å². The second kappa shape index (κ2) is 9.31. The normalized spacial score (nSPS) is 13.8. The zero-order valence-corrected chi connectivity index (χ0v) is 19.7. The summed E-state index contributed by atoms with van der Waals surface area (Å²) in [6, 6.07) is 20.5. The standard InChI is InChI=1S/C27H25ClN4O2/c1-31-27(34)20-10-4-3-9-19(20)25(30-31)18-13-14-24(32-15-7-2-8-16-32)23(17-18)29-26(33)21-11-5-6-12-22(21)28/h3-6,9-14,17H,2,7-8,15-16H2,1H3,(H,29,33). The van der Waals surface area contributed by atoms with Crippen LogP contribution in [0.4, 0.5) is 11.4 Å². The number of anilines is 2. The lowest BCUT2D eigenvalue weighted by Gasteiger charge is -2.31. The fraction of sp³-hybridized carbons (Fsp3) is 0.222. The van der Waals surface area contributed by atoms with Gasteiger partial charge in [-0.25, -0.2) is 4.68 Å². The number of carbonyl (C=O) groups is 1. The Labute approximate surface area is 202 Å². The minimum atomic E-state index is -0.265. The number of amides is 1. The van der Waals surface area contributed by atoms with Crippen molar-refractivity contribution < 1.29 is 4.79 Å². The maximum absolute atomic E-state index is 13.2. The number of halogens is 1. The molecular formula is C27H25ClN4O2. The van der Waals surface area contributed by atoms with Crippen molar-refractivity contribution in [2.24, 2.45) is 7.05 Å². The summed E-state index contributed by atoms with van der Waals surface area (Å²) in [7, 11) is 1.65. The van der Waals surface area contributed by atoms with Crippen molar-refractivity contribution in [1.82, 2.24) is 9.78 Å². The number of hydrogen-bond donors (Lipinski definition) is 1. The van der Waals surface area contributed by atoms with E-state index in [9.17, 15) is 9.59 Å². The molecule has 1 aliphatic rings. The third-order valence-electron chi connectivity index (χ3n) is 6.29. The van der Waals surface area contributed by atoms with Crippen LogP contribution < -0.4 is 15.8 Å². The van der Waals surface area contributed by atoms with E-state index in [1.165, 1.54) is 11.1 Å². The van der Waals surface area contributed by atoms with Crippen LogP contribution in [0, 0.1) is 0 Å². The van der Waals surface area contributed by atoms with E-state index in [-0.39, 0.29) is 11.5 Å². The van der Waals surface area contributed by atoms with Crippen LogP contribution in [0.15, 0.2) is 71.5 Å². The van der Waals surface area contributed by atoms with Gasteiger partial charge in [-0.2, -0.15) is 5.10 Å². The monoisotopic (exact) mass is 472 g/mol. The average molecular weight is 473 g/mol. The lowest BCUT2D eigenvalue weighted by atomic mass is 10.0. The second-order valence-electron chi connectivity index (χ2n) is 8.54. The molecule has 0 atom stereocenters. The second-order valence-corrected chi connectivity index (χ2v) is 8.94. The van der Waals surface area contributed by atoms with Gasteiger partial charge in [-0.3, -0.25) is 9.59 Å². The Morgan fingerprint density at radius 1 is 0.941 bits per heavy atom. The fourth-order valence-electron chi connectivity index (χ4n) is 4.54. The molecule has 3 aromatic carbocycles. The van der Waals surface area contributed by atoms with E-state index in [1.54, 1.807) is 31.3 Å². The number of benzene rings is 3. The van der Waals surface area contributed by atoms with E-state index < -0.39 is 0 Å². The van der Waals surface area contributed by atoms with Gasteiger partial charge in [0.05, 0.1) is 33.0 Å². The van der Waals surface area contributed by atoms with Gasteiger partial charge in [0.15, 0.2) is 0 Å². The first-order valence-corrected chi connectivity index (χ1v) is 11.8. The van der Waals surface area contributed by atoms with E-state index in [2.05, 4.69) is 15.3 Å². The smallest absolute Gasteiger partial charge is 0.274 e. The summed E-state index contributed by atoms with van der Waals surface area (Å²) >= 11 is 6.28. The maximum atomic E-state index is 13.2. The van der Waals surface area contributed by atoms with Crippen molar-refractivity contribution in [2.45, 2.75) is 19.3 Å². The zero-order valence-electron chi connectivity index (χ0n) is 18.9. The predicted molar refractivity (Wildman–Crippen MR) is 138 cm³/mol. The minimum absolute atomic E-state index is 0.142. The number of hydrogen-bond acceptors (Lipinski definition) is 4. The van der Waals surface area contributed by atoms with Crippen molar-refractivity contribution >= 4 is 39.7 Å². The predicted octanol–water partition coefficient (Wildman–Crippen LogP) is 5.50. The van der Waals surface area contributed by atoms with Gasteiger partial charge in [0.2, 0.25) is 0 Å². The molecule has 34 heavy (non-hydrogen) atoms. The first kappa shape index (κ1) is 22.2. The SMILES string of the molecule is Cn1nc(-c2ccc(N3CCCCC3)c(NC(=O)c3ccccc3Cl)c2)c2ccccc2c1=O. The molecule has 2 heterocycles. The molecular weight excluding hydrogens is 448 g/mol. The summed E-state index contributed by atoms with van der Waals surface area (Å²) in [5.41, 5.74) is 3.46. The van der Waals surface area contributed by atoms with Crippen molar-refractivity contribution in [3.8, 4) is 11.3 Å². The molecule has 0 spiro atoms. The molecule has 0 unspecified atom stereocenters. The van der Waals surface area contributed by atoms with E-state index in [1.807, 2.05) is 42.5 Å². The van der Waals surface area contributed by atoms with Gasteiger partial charge in [0.1, 0.15) is 0 Å². The number of piperidine rings is 1. The van der Waals surface area contributed by atoms with Crippen LogP contribution in [0.1, 0.15) is 29.6 Å². The molecule has 0 bridgehead atoms. The number of carbonyl (C=O) groups excluding carboxylic acids is 1. The van der Waals surface area contributed by atoms with Gasteiger partial charge < -0.3 is 10.2 Å². The van der Waals surface area contributed by atoms with Crippen LogP contribution in [0.5, 0.6) is 0 Å². The highest BCUT2D eigenvalue weighted by Crippen LogP contribution is 2.35. The van der Waals surface area contributed by atoms with Crippen LogP contribution >= 0.6 is 11.6 Å². The number of rotatable bonds is 4. The quantitative estimate of drug-likeness (QED) is 0.426. The Morgan fingerprint density at radius 3 is 2.41 bits per heavy atom. The van der Waals surface area contributed by atoms with Gasteiger partial charge in [-0.05, 0) is 49.6 Å². The number of nitrogens with zero attached hydrogens (tertiary/aromatic N) is 3. The Morgan fingerprint density at radius 2 is 1.65 bits per heavy atom. The highest BCUT2D eigenvalue weighted by molar-refractivity contribution is 6.34. The molecule has 0 radical (unpaired) electrons. The third-order valence-corrected chi connectivity index (χ3v) is 6.62. The molecule has 1 amide bonds. The largest absolute Gasteiger partial charge is 0.370 e. The van der Waals surface area contributed by atoms with Crippen molar-refractivity contribution in [3.05, 3.63) is 87.7 Å². The number of nitrogens with one attached hydrogen (secondary N) is 1. The molecule has 1 saturated heterocycles. The Balaban J connectivity index is 1.63. The zero-order chi connectivity index (χ0) is 23.7. The van der Waals surface area contributed by atoms with Gasteiger partial charge in [0, 0.05) is 31.1 Å². The topological polar surface area (TPSA) is 67.2 Å². The number of fused-ring (bicyclic) bond motifs is 1. The molecule has 5 rings (SSSR count). The summed E-state index contributed by atoms with van der Waals surface area (Å²) < 4.78 is 1.36. The molecule has 7 heteroatoms. The highest BCUT2D eigenvalue weighted by atomic mass is 35.5. The number of aromatic nitrogens is 2. The fourth-order valence-corrected chi connectivity index (χ4v) is 4.76. The third kappa shape index (κ3) is 4.17. The molecule has 0 saturated carbocycles. The molecule has 172 valence electrons. The Kier molecular flexibility index (Phi) is 6.07. The van der Waals surface area contributed by atoms with E-state index in [4.69, 9.17) is 11.6 Å². The Hall–Kier alpha value is -3.64. The molecule has 1 fully saturated rings. The summed E-state index contributed by atoms with van der Waals surface area (Å²) in [4.78, 5) is 28.1. The molecule has 4 aromatic rings. The molecule has 1 aromatic heterocycles. The molecule has 0 aliphatic carbocycles. The van der Waals surface area contributed by atoms with E-state index >= 15 is 0 Å². The van der Waals surface area contributed by atoms with Crippen LogP contribution in [0.3, 0.4) is 0 Å². The highest BCUT2D eigenvalue weighted by Gasteiger charge is 2.20. The first-order valence-electron chi connectivity index (χ1n) is 11.4. The van der Waals surface area contributed by atoms with Crippen molar-refractivity contribution in [2.75, 3.05) is 23.3 Å². The summed E-state index contributed by atoms with van der Waals surface area (Å²) in [5.74, 6) is -0.265. The average Bonchev–Trinajstić information content (AvgIpc) is 2.87. The first-order chi connectivity index (χ1) is 16.5. The van der Waals surface area contributed by atoms with E-state index in [0.717, 1.165) is 42.6 Å². The molecule has 1 aliphatic heterocycles. The van der Waals surface area contributed by atoms with Gasteiger partial charge in [0.25, 0.3) is 11.5 Å². The lowest BCUT2D eigenvalue weighted by molar-refractivity contribution is 0.102. The summed E-state index contributed by atoms with van der Waals surface area (Å²) in [5, 5.41) is 9.44. The van der Waals surface area contributed by atoms with Crippen molar-refractivity contribution in [1.29, 1.82) is 0 Å². The minimum Gasteiger partial charge on any atom is -0.370 e. The number of aryl methyl sites for hydroxylation is 1. The maximum Gasteiger partial charge on any atom is 0.274 e. The van der Waals surface area contributed by atoms with Crippen molar-refractivity contribution in [3.63, 3.8) is 0 Å². The summed E-state index contributed by atoms with van der Waals surface area (Å²) in [6.45, 7) is 1.88. The van der Waals surface area contributed by atoms with Crippen LogP contribution in [-0.2, 0) is 7.05 Å². The van der Waals surface area contributed by atoms with Gasteiger partial charge in [-0.15, -0.1) is 0 Å². The van der Waals surface area contributed by atoms with Crippen LogP contribution in [0.2, 0.25) is 5.02 Å². The molecule has 1 N–H and O–H groups in total. The van der Waals surface area contributed by atoms with E-state index in [0.29, 0.717) is 27.4 Å².